The molecular weight excluding hydrogens is 258 g/mol. The quantitative estimate of drug-likeness (QED) is 0.774. The van der Waals surface area contributed by atoms with E-state index in [9.17, 15) is 0 Å². The maximum absolute atomic E-state index is 4.77. The normalized spacial score (nSPS) is 15.4. The molecular formula is C18H35N3. The van der Waals surface area contributed by atoms with Crippen molar-refractivity contribution in [2.75, 3.05) is 13.1 Å². The molecule has 2 atom stereocenters. The molecule has 1 heterocycles. The van der Waals surface area contributed by atoms with Crippen LogP contribution in [-0.4, -0.2) is 22.9 Å². The van der Waals surface area contributed by atoms with Crippen LogP contribution in [0.1, 0.15) is 66.6 Å². The van der Waals surface area contributed by atoms with Crippen molar-refractivity contribution in [2.24, 2.45) is 17.3 Å². The highest BCUT2D eigenvalue weighted by Crippen LogP contribution is 2.28. The van der Waals surface area contributed by atoms with Gasteiger partial charge in [-0.3, -0.25) is 4.68 Å². The molecule has 0 amide bonds. The predicted molar refractivity (Wildman–Crippen MR) is 91.6 cm³/mol. The van der Waals surface area contributed by atoms with Crippen molar-refractivity contribution in [3.63, 3.8) is 0 Å². The average molecular weight is 293 g/mol. The second-order valence-corrected chi connectivity index (χ2v) is 7.86. The van der Waals surface area contributed by atoms with E-state index in [0.717, 1.165) is 25.9 Å². The standard InChI is InChI=1S/C18H35N3/c1-8-15(4)21-10-9-17(20-21)11-16(18(5,6)7)13-19-12-14(2)3/h9-10,14-16,19H,8,11-13H2,1-7H3. The Hall–Kier alpha value is -0.830. The van der Waals surface area contributed by atoms with Gasteiger partial charge in [0.2, 0.25) is 0 Å². The minimum absolute atomic E-state index is 0.296. The first kappa shape index (κ1) is 18.2. The Morgan fingerprint density at radius 2 is 1.86 bits per heavy atom. The molecule has 1 rings (SSSR count). The Morgan fingerprint density at radius 1 is 1.19 bits per heavy atom. The van der Waals surface area contributed by atoms with Gasteiger partial charge in [-0.05, 0) is 56.2 Å². The van der Waals surface area contributed by atoms with E-state index < -0.39 is 0 Å². The van der Waals surface area contributed by atoms with Gasteiger partial charge in [-0.2, -0.15) is 5.10 Å². The number of aromatic nitrogens is 2. The van der Waals surface area contributed by atoms with Crippen LogP contribution < -0.4 is 5.32 Å². The lowest BCUT2D eigenvalue weighted by Crippen LogP contribution is -2.35. The van der Waals surface area contributed by atoms with Crippen LogP contribution in [0, 0.1) is 17.3 Å². The summed E-state index contributed by atoms with van der Waals surface area (Å²) in [6.45, 7) is 18.1. The molecule has 0 aliphatic rings. The van der Waals surface area contributed by atoms with E-state index in [1.807, 2.05) is 0 Å². The summed E-state index contributed by atoms with van der Waals surface area (Å²) in [5.41, 5.74) is 1.52. The summed E-state index contributed by atoms with van der Waals surface area (Å²) >= 11 is 0. The smallest absolute Gasteiger partial charge is 0.0628 e. The zero-order valence-corrected chi connectivity index (χ0v) is 15.1. The highest BCUT2D eigenvalue weighted by atomic mass is 15.3. The largest absolute Gasteiger partial charge is 0.316 e. The van der Waals surface area contributed by atoms with Crippen LogP contribution in [0.4, 0.5) is 0 Å². The molecule has 0 spiro atoms. The van der Waals surface area contributed by atoms with Crippen molar-refractivity contribution in [2.45, 2.75) is 67.3 Å². The lowest BCUT2D eigenvalue weighted by atomic mass is 9.78. The van der Waals surface area contributed by atoms with Crippen LogP contribution >= 0.6 is 0 Å². The maximum atomic E-state index is 4.77. The summed E-state index contributed by atoms with van der Waals surface area (Å²) in [5, 5.41) is 8.38. The number of nitrogens with zero attached hydrogens (tertiary/aromatic N) is 2. The molecule has 2 unspecified atom stereocenters. The molecule has 0 aliphatic carbocycles. The topological polar surface area (TPSA) is 29.9 Å². The summed E-state index contributed by atoms with van der Waals surface area (Å²) in [5.74, 6) is 1.31. The molecule has 0 fully saturated rings. The van der Waals surface area contributed by atoms with E-state index >= 15 is 0 Å². The minimum atomic E-state index is 0.296. The number of nitrogens with one attached hydrogen (secondary N) is 1. The first-order valence-electron chi connectivity index (χ1n) is 8.48. The van der Waals surface area contributed by atoms with Crippen molar-refractivity contribution in [1.82, 2.24) is 15.1 Å². The molecule has 0 radical (unpaired) electrons. The molecule has 1 aromatic heterocycles. The van der Waals surface area contributed by atoms with Gasteiger partial charge in [-0.15, -0.1) is 0 Å². The SMILES string of the molecule is CCC(C)n1ccc(CC(CNCC(C)C)C(C)(C)C)n1. The molecule has 21 heavy (non-hydrogen) atoms. The summed E-state index contributed by atoms with van der Waals surface area (Å²) in [7, 11) is 0. The lowest BCUT2D eigenvalue weighted by Gasteiger charge is -2.31. The fourth-order valence-electron chi connectivity index (χ4n) is 2.40. The molecule has 0 saturated carbocycles. The van der Waals surface area contributed by atoms with Crippen LogP contribution in [0.15, 0.2) is 12.3 Å². The van der Waals surface area contributed by atoms with Gasteiger partial charge in [0.15, 0.2) is 0 Å². The number of hydrogen-bond acceptors (Lipinski definition) is 2. The van der Waals surface area contributed by atoms with E-state index in [-0.39, 0.29) is 0 Å². The third kappa shape index (κ3) is 6.21. The van der Waals surface area contributed by atoms with Crippen LogP contribution in [0.5, 0.6) is 0 Å². The Morgan fingerprint density at radius 3 is 2.38 bits per heavy atom. The van der Waals surface area contributed by atoms with Crippen molar-refractivity contribution >= 4 is 0 Å². The van der Waals surface area contributed by atoms with Gasteiger partial charge in [0.25, 0.3) is 0 Å². The van der Waals surface area contributed by atoms with E-state index in [1.165, 1.54) is 5.69 Å². The van der Waals surface area contributed by atoms with Gasteiger partial charge in [-0.25, -0.2) is 0 Å². The van der Waals surface area contributed by atoms with E-state index in [0.29, 0.717) is 23.3 Å². The molecule has 1 aromatic rings. The fourth-order valence-corrected chi connectivity index (χ4v) is 2.40. The van der Waals surface area contributed by atoms with Crippen molar-refractivity contribution in [3.05, 3.63) is 18.0 Å². The summed E-state index contributed by atoms with van der Waals surface area (Å²) < 4.78 is 2.11. The van der Waals surface area contributed by atoms with E-state index in [1.54, 1.807) is 0 Å². The molecule has 122 valence electrons. The summed E-state index contributed by atoms with van der Waals surface area (Å²) in [4.78, 5) is 0. The van der Waals surface area contributed by atoms with Crippen LogP contribution in [-0.2, 0) is 6.42 Å². The predicted octanol–water partition coefficient (Wildman–Crippen LogP) is 4.30. The number of hydrogen-bond donors (Lipinski definition) is 1. The second kappa shape index (κ2) is 7.98. The Balaban J connectivity index is 2.66. The van der Waals surface area contributed by atoms with Crippen LogP contribution in [0.25, 0.3) is 0 Å². The molecule has 1 N–H and O–H groups in total. The lowest BCUT2D eigenvalue weighted by molar-refractivity contribution is 0.226. The van der Waals surface area contributed by atoms with Crippen molar-refractivity contribution < 1.29 is 0 Å². The molecule has 0 bridgehead atoms. The average Bonchev–Trinajstić information content (AvgIpc) is 2.83. The van der Waals surface area contributed by atoms with Gasteiger partial charge in [-0.1, -0.05) is 41.5 Å². The van der Waals surface area contributed by atoms with E-state index in [4.69, 9.17) is 5.10 Å². The third-order valence-electron chi connectivity index (χ3n) is 4.33. The Bertz CT molecular complexity index is 401. The Kier molecular flexibility index (Phi) is 6.92. The van der Waals surface area contributed by atoms with Gasteiger partial charge >= 0.3 is 0 Å². The maximum Gasteiger partial charge on any atom is 0.0628 e. The van der Waals surface area contributed by atoms with Crippen molar-refractivity contribution in [3.8, 4) is 0 Å². The third-order valence-corrected chi connectivity index (χ3v) is 4.33. The highest BCUT2D eigenvalue weighted by molar-refractivity contribution is 5.02. The van der Waals surface area contributed by atoms with Gasteiger partial charge in [0.05, 0.1) is 5.69 Å². The number of rotatable bonds is 8. The summed E-state index contributed by atoms with van der Waals surface area (Å²) in [6, 6.07) is 2.68. The molecule has 3 nitrogen and oxygen atoms in total. The molecule has 0 aliphatic heterocycles. The first-order valence-corrected chi connectivity index (χ1v) is 8.48. The van der Waals surface area contributed by atoms with Gasteiger partial charge in [0, 0.05) is 12.2 Å². The Labute approximate surface area is 131 Å². The van der Waals surface area contributed by atoms with Crippen LogP contribution in [0.2, 0.25) is 0 Å². The fraction of sp³-hybridized carbons (Fsp3) is 0.833. The van der Waals surface area contributed by atoms with Crippen LogP contribution in [0.3, 0.4) is 0 Å². The molecule has 0 aromatic carbocycles. The second-order valence-electron chi connectivity index (χ2n) is 7.86. The van der Waals surface area contributed by atoms with Gasteiger partial charge in [0.1, 0.15) is 0 Å². The van der Waals surface area contributed by atoms with Crippen molar-refractivity contribution in [1.29, 1.82) is 0 Å². The zero-order valence-electron chi connectivity index (χ0n) is 15.1. The first-order chi connectivity index (χ1) is 9.74. The zero-order chi connectivity index (χ0) is 16.0. The minimum Gasteiger partial charge on any atom is -0.316 e. The van der Waals surface area contributed by atoms with Gasteiger partial charge < -0.3 is 5.32 Å². The molecule has 3 heteroatoms. The monoisotopic (exact) mass is 293 g/mol. The van der Waals surface area contributed by atoms with E-state index in [2.05, 4.69) is 70.7 Å². The summed E-state index contributed by atoms with van der Waals surface area (Å²) in [6.07, 6.45) is 4.31. The molecule has 0 saturated heterocycles. The highest BCUT2D eigenvalue weighted by Gasteiger charge is 2.25.